The van der Waals surface area contributed by atoms with Crippen LogP contribution in [0.1, 0.15) is 42.8 Å². The van der Waals surface area contributed by atoms with Crippen LogP contribution in [0.25, 0.3) is 0 Å². The SMILES string of the molecule is Cc1nn(CC(=O)N(C2CC2)C(C)c2ccc(Cl)cc2)c(C)c1Cl. The second kappa shape index (κ2) is 6.77. The fraction of sp³-hybridized carbons (Fsp3) is 0.444. The van der Waals surface area contributed by atoms with Gasteiger partial charge in [0.25, 0.3) is 0 Å². The van der Waals surface area contributed by atoms with Crippen molar-refractivity contribution in [2.45, 2.75) is 52.2 Å². The van der Waals surface area contributed by atoms with Crippen molar-refractivity contribution in [3.8, 4) is 0 Å². The minimum absolute atomic E-state index is 0.00899. The lowest BCUT2D eigenvalue weighted by Gasteiger charge is -2.30. The van der Waals surface area contributed by atoms with Crippen LogP contribution in [0.5, 0.6) is 0 Å². The Hall–Kier alpha value is -1.52. The van der Waals surface area contributed by atoms with Gasteiger partial charge in [0.2, 0.25) is 5.91 Å². The summed E-state index contributed by atoms with van der Waals surface area (Å²) in [6, 6.07) is 8.02. The van der Waals surface area contributed by atoms with Crippen molar-refractivity contribution >= 4 is 29.1 Å². The van der Waals surface area contributed by atoms with Gasteiger partial charge in [-0.1, -0.05) is 35.3 Å². The second-order valence-corrected chi connectivity index (χ2v) is 7.22. The quantitative estimate of drug-likeness (QED) is 0.778. The number of rotatable bonds is 5. The molecule has 1 unspecified atom stereocenters. The summed E-state index contributed by atoms with van der Waals surface area (Å²) < 4.78 is 1.70. The molecule has 1 aromatic carbocycles. The zero-order valence-corrected chi connectivity index (χ0v) is 15.6. The van der Waals surface area contributed by atoms with E-state index in [1.54, 1.807) is 4.68 Å². The van der Waals surface area contributed by atoms with Gasteiger partial charge in [-0.2, -0.15) is 5.10 Å². The highest BCUT2D eigenvalue weighted by Gasteiger charge is 2.36. The molecule has 0 radical (unpaired) electrons. The largest absolute Gasteiger partial charge is 0.331 e. The van der Waals surface area contributed by atoms with E-state index in [1.807, 2.05) is 43.0 Å². The average molecular weight is 366 g/mol. The molecule has 1 amide bonds. The molecule has 1 atom stereocenters. The number of aryl methyl sites for hydroxylation is 1. The van der Waals surface area contributed by atoms with E-state index in [-0.39, 0.29) is 18.5 Å². The van der Waals surface area contributed by atoms with Crippen LogP contribution in [-0.2, 0) is 11.3 Å². The molecule has 0 spiro atoms. The van der Waals surface area contributed by atoms with Gasteiger partial charge < -0.3 is 4.90 Å². The third-order valence-corrected chi connectivity index (χ3v) is 5.38. The molecule has 2 aromatic rings. The predicted octanol–water partition coefficient (Wildman–Crippen LogP) is 4.56. The first-order chi connectivity index (χ1) is 11.4. The molecule has 0 N–H and O–H groups in total. The molecule has 1 aliphatic carbocycles. The van der Waals surface area contributed by atoms with Gasteiger partial charge in [0, 0.05) is 11.1 Å². The highest BCUT2D eigenvalue weighted by atomic mass is 35.5. The molecule has 24 heavy (non-hydrogen) atoms. The number of carbonyl (C=O) groups excluding carboxylic acids is 1. The number of aromatic nitrogens is 2. The normalized spacial score (nSPS) is 15.4. The van der Waals surface area contributed by atoms with Crippen LogP contribution in [0.15, 0.2) is 24.3 Å². The molecule has 1 saturated carbocycles. The maximum atomic E-state index is 12.9. The van der Waals surface area contributed by atoms with Gasteiger partial charge in [-0.05, 0) is 51.3 Å². The fourth-order valence-corrected chi connectivity index (χ4v) is 3.29. The Morgan fingerprint density at radius 3 is 2.42 bits per heavy atom. The standard InChI is InChI=1S/C18H21Cl2N3O/c1-11-18(20)13(3)22(21-11)10-17(24)23(16-8-9-16)12(2)14-4-6-15(19)7-5-14/h4-7,12,16H,8-10H2,1-3H3. The number of nitrogens with zero attached hydrogens (tertiary/aromatic N) is 3. The van der Waals surface area contributed by atoms with Crippen LogP contribution in [0.2, 0.25) is 10.0 Å². The molecule has 0 bridgehead atoms. The van der Waals surface area contributed by atoms with Gasteiger partial charge in [0.15, 0.2) is 0 Å². The Kier molecular flexibility index (Phi) is 4.88. The molecule has 6 heteroatoms. The number of hydrogen-bond donors (Lipinski definition) is 0. The number of carbonyl (C=O) groups is 1. The summed E-state index contributed by atoms with van der Waals surface area (Å²) >= 11 is 12.2. The van der Waals surface area contributed by atoms with Crippen LogP contribution < -0.4 is 0 Å². The molecule has 1 aliphatic rings. The summed E-state index contributed by atoms with van der Waals surface area (Å²) in [7, 11) is 0. The topological polar surface area (TPSA) is 38.1 Å². The molecule has 4 nitrogen and oxygen atoms in total. The third-order valence-electron chi connectivity index (χ3n) is 4.58. The van der Waals surface area contributed by atoms with Gasteiger partial charge in [0.1, 0.15) is 6.54 Å². The first-order valence-electron chi connectivity index (χ1n) is 8.14. The van der Waals surface area contributed by atoms with E-state index in [1.165, 1.54) is 0 Å². The molecule has 1 aromatic heterocycles. The van der Waals surface area contributed by atoms with Gasteiger partial charge in [0.05, 0.1) is 22.5 Å². The van der Waals surface area contributed by atoms with Crippen LogP contribution in [0.4, 0.5) is 0 Å². The number of benzene rings is 1. The van der Waals surface area contributed by atoms with Crippen LogP contribution in [0.3, 0.4) is 0 Å². The van der Waals surface area contributed by atoms with Crippen LogP contribution in [-0.4, -0.2) is 26.6 Å². The summed E-state index contributed by atoms with van der Waals surface area (Å²) in [5.41, 5.74) is 2.68. The van der Waals surface area contributed by atoms with Crippen molar-refractivity contribution in [1.82, 2.24) is 14.7 Å². The zero-order chi connectivity index (χ0) is 17.4. The maximum absolute atomic E-state index is 12.9. The van der Waals surface area contributed by atoms with Gasteiger partial charge in [-0.3, -0.25) is 9.48 Å². The molecule has 1 fully saturated rings. The van der Waals surface area contributed by atoms with Crippen LogP contribution in [0, 0.1) is 13.8 Å². The van der Waals surface area contributed by atoms with E-state index < -0.39 is 0 Å². The van der Waals surface area contributed by atoms with Gasteiger partial charge in [-0.15, -0.1) is 0 Å². The van der Waals surface area contributed by atoms with Crippen molar-refractivity contribution < 1.29 is 4.79 Å². The van der Waals surface area contributed by atoms with Gasteiger partial charge in [-0.25, -0.2) is 0 Å². The van der Waals surface area contributed by atoms with Crippen LogP contribution >= 0.6 is 23.2 Å². The summed E-state index contributed by atoms with van der Waals surface area (Å²) in [5, 5.41) is 5.71. The molecular weight excluding hydrogens is 345 g/mol. The Morgan fingerprint density at radius 1 is 1.29 bits per heavy atom. The van der Waals surface area contributed by atoms with E-state index >= 15 is 0 Å². The summed E-state index contributed by atoms with van der Waals surface area (Å²) in [6.45, 7) is 6.02. The lowest BCUT2D eigenvalue weighted by molar-refractivity contribution is -0.135. The monoisotopic (exact) mass is 365 g/mol. The number of amides is 1. The van der Waals surface area contributed by atoms with E-state index in [9.17, 15) is 4.79 Å². The fourth-order valence-electron chi connectivity index (χ4n) is 3.03. The lowest BCUT2D eigenvalue weighted by Crippen LogP contribution is -2.38. The molecular formula is C18H21Cl2N3O. The highest BCUT2D eigenvalue weighted by Crippen LogP contribution is 2.35. The lowest BCUT2D eigenvalue weighted by atomic mass is 10.1. The number of halogens is 2. The maximum Gasteiger partial charge on any atom is 0.245 e. The Morgan fingerprint density at radius 2 is 1.92 bits per heavy atom. The van der Waals surface area contributed by atoms with E-state index in [0.717, 1.165) is 29.8 Å². The molecule has 128 valence electrons. The molecule has 0 saturated heterocycles. The Labute approximate surface area is 152 Å². The van der Waals surface area contributed by atoms with Crippen molar-refractivity contribution in [2.75, 3.05) is 0 Å². The Balaban J connectivity index is 1.81. The molecule has 0 aliphatic heterocycles. The minimum Gasteiger partial charge on any atom is -0.331 e. The highest BCUT2D eigenvalue weighted by molar-refractivity contribution is 6.31. The smallest absolute Gasteiger partial charge is 0.245 e. The first-order valence-corrected chi connectivity index (χ1v) is 8.90. The summed E-state index contributed by atoms with van der Waals surface area (Å²) in [6.07, 6.45) is 2.11. The molecule has 3 rings (SSSR count). The number of hydrogen-bond acceptors (Lipinski definition) is 2. The van der Waals surface area contributed by atoms with Crippen molar-refractivity contribution in [2.24, 2.45) is 0 Å². The predicted molar refractivity (Wildman–Crippen MR) is 96.4 cm³/mol. The van der Waals surface area contributed by atoms with Crippen molar-refractivity contribution in [3.05, 3.63) is 51.3 Å². The van der Waals surface area contributed by atoms with E-state index in [2.05, 4.69) is 12.0 Å². The summed E-state index contributed by atoms with van der Waals surface area (Å²) in [5.74, 6) is 0.0715. The van der Waals surface area contributed by atoms with E-state index in [4.69, 9.17) is 23.2 Å². The zero-order valence-electron chi connectivity index (χ0n) is 14.1. The van der Waals surface area contributed by atoms with Crippen molar-refractivity contribution in [3.63, 3.8) is 0 Å². The average Bonchev–Trinajstić information content (AvgIpc) is 3.34. The van der Waals surface area contributed by atoms with Crippen molar-refractivity contribution in [1.29, 1.82) is 0 Å². The molecule has 1 heterocycles. The minimum atomic E-state index is 0.00899. The first kappa shape index (κ1) is 17.3. The Bertz CT molecular complexity index is 750. The summed E-state index contributed by atoms with van der Waals surface area (Å²) in [4.78, 5) is 14.9. The van der Waals surface area contributed by atoms with Gasteiger partial charge >= 0.3 is 0 Å². The van der Waals surface area contributed by atoms with E-state index in [0.29, 0.717) is 16.1 Å². The second-order valence-electron chi connectivity index (χ2n) is 6.40. The third kappa shape index (κ3) is 3.45.